The summed E-state index contributed by atoms with van der Waals surface area (Å²) in [4.78, 5) is 15.0. The molecule has 3 rings (SSSR count). The van der Waals surface area contributed by atoms with E-state index in [0.29, 0.717) is 23.8 Å². The zero-order valence-corrected chi connectivity index (χ0v) is 14.8. The van der Waals surface area contributed by atoms with Gasteiger partial charge in [0, 0.05) is 25.0 Å². The topological polar surface area (TPSA) is 46.3 Å². The molecule has 3 nitrogen and oxygen atoms in total. The summed E-state index contributed by atoms with van der Waals surface area (Å²) in [5.41, 5.74) is 6.20. The molecule has 22 heavy (non-hydrogen) atoms. The fourth-order valence-electron chi connectivity index (χ4n) is 5.01. The van der Waals surface area contributed by atoms with Crippen molar-refractivity contribution >= 4 is 18.3 Å². The average molecular weight is 329 g/mol. The van der Waals surface area contributed by atoms with E-state index in [0.717, 1.165) is 38.3 Å². The molecule has 3 fully saturated rings. The Kier molecular flexibility index (Phi) is 6.58. The fraction of sp³-hybridized carbons (Fsp3) is 0.944. The molecule has 4 unspecified atom stereocenters. The van der Waals surface area contributed by atoms with Gasteiger partial charge in [-0.05, 0) is 43.4 Å². The van der Waals surface area contributed by atoms with Gasteiger partial charge >= 0.3 is 0 Å². The molecule has 1 saturated heterocycles. The molecular formula is C18H33ClN2O. The second-order valence-electron chi connectivity index (χ2n) is 7.75. The number of amides is 1. The largest absolute Gasteiger partial charge is 0.342 e. The number of rotatable bonds is 4. The van der Waals surface area contributed by atoms with E-state index in [2.05, 4.69) is 11.8 Å². The van der Waals surface area contributed by atoms with E-state index in [4.69, 9.17) is 5.73 Å². The number of hydrogen-bond acceptors (Lipinski definition) is 2. The maximum absolute atomic E-state index is 12.9. The molecule has 0 aromatic rings. The lowest BCUT2D eigenvalue weighted by molar-refractivity contribution is -0.135. The van der Waals surface area contributed by atoms with Crippen LogP contribution in [0.4, 0.5) is 0 Å². The minimum atomic E-state index is 0. The van der Waals surface area contributed by atoms with Gasteiger partial charge in [-0.2, -0.15) is 0 Å². The molecular weight excluding hydrogens is 296 g/mol. The molecule has 128 valence electrons. The summed E-state index contributed by atoms with van der Waals surface area (Å²) >= 11 is 0. The van der Waals surface area contributed by atoms with Crippen LogP contribution in [0.1, 0.15) is 64.7 Å². The zero-order chi connectivity index (χ0) is 14.8. The van der Waals surface area contributed by atoms with Crippen LogP contribution in [0, 0.1) is 23.7 Å². The van der Waals surface area contributed by atoms with Gasteiger partial charge in [0.05, 0.1) is 0 Å². The van der Waals surface area contributed by atoms with Crippen LogP contribution in [0.5, 0.6) is 0 Å². The van der Waals surface area contributed by atoms with Gasteiger partial charge < -0.3 is 10.6 Å². The number of halogens is 1. The quantitative estimate of drug-likeness (QED) is 0.857. The zero-order valence-electron chi connectivity index (χ0n) is 14.0. The third kappa shape index (κ3) is 3.79. The Hall–Kier alpha value is -0.280. The Morgan fingerprint density at radius 3 is 2.50 bits per heavy atom. The first-order valence-corrected chi connectivity index (χ1v) is 9.23. The van der Waals surface area contributed by atoms with E-state index in [-0.39, 0.29) is 18.3 Å². The molecule has 1 amide bonds. The highest BCUT2D eigenvalue weighted by Gasteiger charge is 2.43. The molecule has 0 aromatic carbocycles. The predicted octanol–water partition coefficient (Wildman–Crippen LogP) is 3.60. The summed E-state index contributed by atoms with van der Waals surface area (Å²) in [6.07, 6.45) is 11.4. The Morgan fingerprint density at radius 1 is 1.14 bits per heavy atom. The van der Waals surface area contributed by atoms with Crippen LogP contribution in [0.3, 0.4) is 0 Å². The van der Waals surface area contributed by atoms with Crippen LogP contribution >= 0.6 is 12.4 Å². The average Bonchev–Trinajstić information content (AvgIpc) is 3.08. The molecule has 2 N–H and O–H groups in total. The molecule has 2 saturated carbocycles. The molecule has 0 bridgehead atoms. The first-order chi connectivity index (χ1) is 10.2. The van der Waals surface area contributed by atoms with Crippen molar-refractivity contribution < 1.29 is 4.79 Å². The highest BCUT2D eigenvalue weighted by atomic mass is 35.5. The summed E-state index contributed by atoms with van der Waals surface area (Å²) in [6.45, 7) is 4.11. The van der Waals surface area contributed by atoms with Gasteiger partial charge in [-0.3, -0.25) is 4.79 Å². The Balaban J connectivity index is 0.00000176. The van der Waals surface area contributed by atoms with Gasteiger partial charge in [-0.15, -0.1) is 12.4 Å². The van der Waals surface area contributed by atoms with Crippen molar-refractivity contribution in [2.24, 2.45) is 29.4 Å². The van der Waals surface area contributed by atoms with Crippen molar-refractivity contribution in [1.29, 1.82) is 0 Å². The van der Waals surface area contributed by atoms with E-state index in [9.17, 15) is 4.79 Å². The third-order valence-corrected chi connectivity index (χ3v) is 6.41. The SMILES string of the molecule is CCC(CC1CCCCC1)C(=O)N1CC2CCC(N)C2C1.Cl. The number of carbonyl (C=O) groups is 1. The van der Waals surface area contributed by atoms with E-state index in [1.165, 1.54) is 38.5 Å². The Labute approximate surface area is 141 Å². The van der Waals surface area contributed by atoms with Gasteiger partial charge in [-0.1, -0.05) is 39.0 Å². The fourth-order valence-corrected chi connectivity index (χ4v) is 5.01. The number of carbonyl (C=O) groups excluding carboxylic acids is 1. The van der Waals surface area contributed by atoms with E-state index >= 15 is 0 Å². The van der Waals surface area contributed by atoms with Crippen molar-refractivity contribution in [3.8, 4) is 0 Å². The number of nitrogens with two attached hydrogens (primary N) is 1. The Bertz CT molecular complexity index is 370. The standard InChI is InChI=1S/C18H32N2O.ClH/c1-2-14(10-13-6-4-3-5-7-13)18(21)20-11-15-8-9-17(19)16(15)12-20;/h13-17H,2-12,19H2,1H3;1H. The van der Waals surface area contributed by atoms with Crippen molar-refractivity contribution in [1.82, 2.24) is 4.90 Å². The molecule has 0 spiro atoms. The van der Waals surface area contributed by atoms with Gasteiger partial charge in [0.25, 0.3) is 0 Å². The number of fused-ring (bicyclic) bond motifs is 1. The number of hydrogen-bond donors (Lipinski definition) is 1. The lowest BCUT2D eigenvalue weighted by Gasteiger charge is -2.28. The molecule has 0 aromatic heterocycles. The van der Waals surface area contributed by atoms with Crippen LogP contribution in [-0.2, 0) is 4.79 Å². The summed E-state index contributed by atoms with van der Waals surface area (Å²) in [5, 5.41) is 0. The summed E-state index contributed by atoms with van der Waals surface area (Å²) < 4.78 is 0. The van der Waals surface area contributed by atoms with Gasteiger partial charge in [0.15, 0.2) is 0 Å². The highest BCUT2D eigenvalue weighted by molar-refractivity contribution is 5.85. The van der Waals surface area contributed by atoms with Gasteiger partial charge in [-0.25, -0.2) is 0 Å². The Morgan fingerprint density at radius 2 is 1.86 bits per heavy atom. The molecule has 3 aliphatic rings. The summed E-state index contributed by atoms with van der Waals surface area (Å²) in [7, 11) is 0. The summed E-state index contributed by atoms with van der Waals surface area (Å²) in [6, 6.07) is 0.339. The first kappa shape index (κ1) is 18.1. The van der Waals surface area contributed by atoms with Crippen LogP contribution in [0.2, 0.25) is 0 Å². The minimum Gasteiger partial charge on any atom is -0.342 e. The lowest BCUT2D eigenvalue weighted by Crippen LogP contribution is -2.37. The van der Waals surface area contributed by atoms with E-state index in [1.54, 1.807) is 0 Å². The lowest BCUT2D eigenvalue weighted by atomic mass is 9.81. The van der Waals surface area contributed by atoms with Crippen molar-refractivity contribution in [2.45, 2.75) is 70.8 Å². The normalized spacial score (nSPS) is 33.4. The second-order valence-corrected chi connectivity index (χ2v) is 7.75. The smallest absolute Gasteiger partial charge is 0.225 e. The van der Waals surface area contributed by atoms with Gasteiger partial charge in [0.2, 0.25) is 5.91 Å². The first-order valence-electron chi connectivity index (χ1n) is 9.23. The molecule has 1 heterocycles. The molecule has 2 aliphatic carbocycles. The number of likely N-dealkylation sites (tertiary alicyclic amines) is 1. The van der Waals surface area contributed by atoms with E-state index < -0.39 is 0 Å². The van der Waals surface area contributed by atoms with Crippen LogP contribution < -0.4 is 5.73 Å². The molecule has 4 heteroatoms. The van der Waals surface area contributed by atoms with Crippen molar-refractivity contribution in [3.63, 3.8) is 0 Å². The maximum atomic E-state index is 12.9. The van der Waals surface area contributed by atoms with Crippen LogP contribution in [-0.4, -0.2) is 29.9 Å². The van der Waals surface area contributed by atoms with Crippen LogP contribution in [0.25, 0.3) is 0 Å². The van der Waals surface area contributed by atoms with Crippen LogP contribution in [0.15, 0.2) is 0 Å². The second kappa shape index (κ2) is 8.01. The molecule has 0 radical (unpaired) electrons. The molecule has 4 atom stereocenters. The summed E-state index contributed by atoms with van der Waals surface area (Å²) in [5.74, 6) is 2.78. The predicted molar refractivity (Wildman–Crippen MR) is 93.0 cm³/mol. The minimum absolute atomic E-state index is 0. The maximum Gasteiger partial charge on any atom is 0.225 e. The number of nitrogens with zero attached hydrogens (tertiary/aromatic N) is 1. The van der Waals surface area contributed by atoms with Crippen molar-refractivity contribution in [3.05, 3.63) is 0 Å². The van der Waals surface area contributed by atoms with Gasteiger partial charge in [0.1, 0.15) is 0 Å². The van der Waals surface area contributed by atoms with Crippen molar-refractivity contribution in [2.75, 3.05) is 13.1 Å². The monoisotopic (exact) mass is 328 g/mol. The third-order valence-electron chi connectivity index (χ3n) is 6.41. The van der Waals surface area contributed by atoms with E-state index in [1.807, 2.05) is 0 Å². The molecule has 1 aliphatic heterocycles. The highest BCUT2D eigenvalue weighted by Crippen LogP contribution is 2.38.